The molecule has 2 N–H and O–H groups in total. The largest absolute Gasteiger partial charge is 0.366 e. The molecule has 0 bridgehead atoms. The van der Waals surface area contributed by atoms with Crippen molar-refractivity contribution in [1.82, 2.24) is 4.90 Å². The molecule has 4 radical (unpaired) electrons. The van der Waals surface area contributed by atoms with Crippen LogP contribution in [0.5, 0.6) is 0 Å². The number of benzene rings is 1. The van der Waals surface area contributed by atoms with Crippen LogP contribution in [0.15, 0.2) is 24.3 Å². The second-order valence-corrected chi connectivity index (χ2v) is 5.68. The normalized spacial score (nSPS) is 17.4. The molecule has 96 valence electrons. The highest BCUT2D eigenvalue weighted by Crippen LogP contribution is 2.33. The third-order valence-corrected chi connectivity index (χ3v) is 3.99. The highest BCUT2D eigenvalue weighted by molar-refractivity contribution is 6.39. The van der Waals surface area contributed by atoms with Crippen molar-refractivity contribution in [2.45, 2.75) is 19.2 Å². The highest BCUT2D eigenvalue weighted by atomic mass is 16.1. The van der Waals surface area contributed by atoms with Crippen LogP contribution < -0.4 is 5.73 Å². The molecular weight excluding hydrogens is 234 g/mol. The van der Waals surface area contributed by atoms with Crippen LogP contribution in [0.1, 0.15) is 29.8 Å². The molecule has 1 fully saturated rings. The number of rotatable bonds is 4. The number of amides is 1. The first-order valence-corrected chi connectivity index (χ1v) is 6.55. The maximum absolute atomic E-state index is 11.2. The summed E-state index contributed by atoms with van der Waals surface area (Å²) in [7, 11) is 12.5. The van der Waals surface area contributed by atoms with E-state index in [1.807, 2.05) is 11.0 Å². The first-order chi connectivity index (χ1) is 8.82. The van der Waals surface area contributed by atoms with E-state index < -0.39 is 11.2 Å². The van der Waals surface area contributed by atoms with E-state index in [9.17, 15) is 4.79 Å². The van der Waals surface area contributed by atoms with Gasteiger partial charge in [-0.25, -0.2) is 0 Å². The molecule has 0 aromatic heterocycles. The molecule has 5 heteroatoms. The summed E-state index contributed by atoms with van der Waals surface area (Å²) < 4.78 is 0. The molecule has 1 aliphatic heterocycles. The molecule has 0 spiro atoms. The van der Waals surface area contributed by atoms with Gasteiger partial charge in [0.05, 0.1) is 15.7 Å². The van der Waals surface area contributed by atoms with Crippen molar-refractivity contribution in [2.75, 3.05) is 13.1 Å². The number of hydrogen-bond acceptors (Lipinski definition) is 2. The molecule has 1 amide bonds. The topological polar surface area (TPSA) is 46.3 Å². The van der Waals surface area contributed by atoms with Crippen molar-refractivity contribution < 1.29 is 4.79 Å². The number of hydrogen-bond donors (Lipinski definition) is 1. The molecule has 1 saturated heterocycles. The third-order valence-electron chi connectivity index (χ3n) is 3.99. The summed E-state index contributed by atoms with van der Waals surface area (Å²) in [5, 5.41) is -1.04. The second kappa shape index (κ2) is 5.04. The molecule has 1 aromatic carbocycles. The first-order valence-electron chi connectivity index (χ1n) is 6.55. The van der Waals surface area contributed by atoms with Crippen LogP contribution in [0.25, 0.3) is 0 Å². The van der Waals surface area contributed by atoms with Gasteiger partial charge in [-0.05, 0) is 34.9 Å². The number of carbonyl (C=O) groups is 1. The first kappa shape index (κ1) is 14.2. The van der Waals surface area contributed by atoms with E-state index in [1.165, 1.54) is 0 Å². The Morgan fingerprint density at radius 2 is 2.05 bits per heavy atom. The molecule has 1 aliphatic rings. The van der Waals surface area contributed by atoms with Crippen LogP contribution >= 0.6 is 0 Å². The molecule has 1 aromatic rings. The third kappa shape index (κ3) is 2.71. The lowest BCUT2D eigenvalue weighted by atomic mass is 9.55. The van der Waals surface area contributed by atoms with Crippen LogP contribution in [-0.4, -0.2) is 39.6 Å². The quantitative estimate of drug-likeness (QED) is 0.806. The Kier molecular flexibility index (Phi) is 3.77. The Labute approximate surface area is 117 Å². The van der Waals surface area contributed by atoms with Gasteiger partial charge in [0.1, 0.15) is 0 Å². The summed E-state index contributed by atoms with van der Waals surface area (Å²) in [6, 6.07) is 6.92. The van der Waals surface area contributed by atoms with Gasteiger partial charge in [0, 0.05) is 18.7 Å². The molecule has 0 atom stereocenters. The van der Waals surface area contributed by atoms with Gasteiger partial charge in [-0.15, -0.1) is 0 Å². The fraction of sp³-hybridized carbons (Fsp3) is 0.500. The molecule has 3 nitrogen and oxygen atoms in total. The van der Waals surface area contributed by atoms with Crippen molar-refractivity contribution in [3.05, 3.63) is 35.4 Å². The lowest BCUT2D eigenvalue weighted by molar-refractivity contribution is 0.0386. The smallest absolute Gasteiger partial charge is 0.248 e. The predicted octanol–water partition coefficient (Wildman–Crippen LogP) is 0.821. The fourth-order valence-electron chi connectivity index (χ4n) is 2.34. The van der Waals surface area contributed by atoms with E-state index in [0.717, 1.165) is 13.1 Å². The molecule has 19 heavy (non-hydrogen) atoms. The maximum Gasteiger partial charge on any atom is 0.248 e. The van der Waals surface area contributed by atoms with Crippen molar-refractivity contribution in [1.29, 1.82) is 0 Å². The zero-order valence-electron chi connectivity index (χ0n) is 11.5. The van der Waals surface area contributed by atoms with Gasteiger partial charge in [0.2, 0.25) is 5.91 Å². The standard InChI is InChI=1S/C14H18B2N2O/c1-9(2)11-7-18(8-11)14(15,16)12-5-3-4-10(6-12)13(17)19/h3-6,9,11H,7-8H2,1-2H3,(H2,17,19). The van der Waals surface area contributed by atoms with Gasteiger partial charge >= 0.3 is 0 Å². The van der Waals surface area contributed by atoms with Crippen molar-refractivity contribution in [2.24, 2.45) is 17.6 Å². The fourth-order valence-corrected chi connectivity index (χ4v) is 2.34. The Balaban J connectivity index is 2.16. The Morgan fingerprint density at radius 3 is 2.58 bits per heavy atom. The van der Waals surface area contributed by atoms with Gasteiger partial charge in [0.15, 0.2) is 0 Å². The summed E-state index contributed by atoms with van der Waals surface area (Å²) >= 11 is 0. The molecule has 2 rings (SSSR count). The second-order valence-electron chi connectivity index (χ2n) is 5.68. The lowest BCUT2D eigenvalue weighted by Crippen LogP contribution is -2.60. The van der Waals surface area contributed by atoms with Crippen molar-refractivity contribution in [3.63, 3.8) is 0 Å². The monoisotopic (exact) mass is 252 g/mol. The van der Waals surface area contributed by atoms with Gasteiger partial charge in [-0.2, -0.15) is 0 Å². The summed E-state index contributed by atoms with van der Waals surface area (Å²) in [6.45, 7) is 6.16. The van der Waals surface area contributed by atoms with Crippen LogP contribution in [-0.2, 0) is 5.34 Å². The lowest BCUT2D eigenvalue weighted by Gasteiger charge is -2.52. The zero-order chi connectivity index (χ0) is 14.2. The number of nitrogens with zero attached hydrogens (tertiary/aromatic N) is 1. The molecule has 0 unspecified atom stereocenters. The Morgan fingerprint density at radius 1 is 1.42 bits per heavy atom. The summed E-state index contributed by atoms with van der Waals surface area (Å²) in [5.41, 5.74) is 6.42. The molecule has 0 aliphatic carbocycles. The van der Waals surface area contributed by atoms with Crippen LogP contribution in [0.3, 0.4) is 0 Å². The molecule has 0 saturated carbocycles. The minimum Gasteiger partial charge on any atom is -0.366 e. The summed E-state index contributed by atoms with van der Waals surface area (Å²) in [5.74, 6) is 0.788. The molecular formula is C14H18B2N2O. The summed E-state index contributed by atoms with van der Waals surface area (Å²) in [4.78, 5) is 13.2. The molecule has 1 heterocycles. The van der Waals surface area contributed by atoms with Crippen LogP contribution in [0.4, 0.5) is 0 Å². The van der Waals surface area contributed by atoms with Crippen molar-refractivity contribution >= 4 is 21.6 Å². The van der Waals surface area contributed by atoms with Crippen LogP contribution in [0, 0.1) is 11.8 Å². The van der Waals surface area contributed by atoms with E-state index >= 15 is 0 Å². The van der Waals surface area contributed by atoms with Gasteiger partial charge < -0.3 is 10.6 Å². The van der Waals surface area contributed by atoms with E-state index in [0.29, 0.717) is 23.0 Å². The average molecular weight is 252 g/mol. The van der Waals surface area contributed by atoms with Gasteiger partial charge in [-0.1, -0.05) is 26.0 Å². The SMILES string of the molecule is [B]C([B])(c1cccc(C(N)=O)c1)N1CC(C(C)C)C1. The minimum absolute atomic E-state index is 0.429. The Bertz CT molecular complexity index is 482. The summed E-state index contributed by atoms with van der Waals surface area (Å²) in [6.07, 6.45) is 0. The number of nitrogens with two attached hydrogens (primary N) is 1. The van der Waals surface area contributed by atoms with E-state index in [1.54, 1.807) is 18.2 Å². The van der Waals surface area contributed by atoms with Crippen LogP contribution in [0.2, 0.25) is 0 Å². The van der Waals surface area contributed by atoms with E-state index in [-0.39, 0.29) is 0 Å². The number of likely N-dealkylation sites (tertiary alicyclic amines) is 1. The minimum atomic E-state index is -1.04. The number of primary amides is 1. The van der Waals surface area contributed by atoms with E-state index in [4.69, 9.17) is 21.4 Å². The zero-order valence-corrected chi connectivity index (χ0v) is 11.5. The van der Waals surface area contributed by atoms with Gasteiger partial charge in [-0.3, -0.25) is 4.79 Å². The predicted molar refractivity (Wildman–Crippen MR) is 78.0 cm³/mol. The highest BCUT2D eigenvalue weighted by Gasteiger charge is 2.38. The number of carbonyl (C=O) groups excluding carboxylic acids is 1. The van der Waals surface area contributed by atoms with Gasteiger partial charge in [0.25, 0.3) is 0 Å². The van der Waals surface area contributed by atoms with Crippen molar-refractivity contribution in [3.8, 4) is 0 Å². The average Bonchev–Trinajstić information content (AvgIpc) is 2.26. The Hall–Kier alpha value is -1.22. The maximum atomic E-state index is 11.2. The van der Waals surface area contributed by atoms with E-state index in [2.05, 4.69) is 13.8 Å².